The molecule has 19 heavy (non-hydrogen) atoms. The largest absolute Gasteiger partial charge is 0.347 e. The van der Waals surface area contributed by atoms with E-state index in [4.69, 9.17) is 0 Å². The molecule has 6 heteroatoms. The Morgan fingerprint density at radius 3 is 2.74 bits per heavy atom. The standard InChI is InChI=1S/C13H9BrF2N2O/c14-9-1-3-11(16)8(5-9)6-18-13(19)12-4-2-10(15)7-17-12/h1-5,7H,6H2,(H,18,19). The minimum absolute atomic E-state index is 0.0309. The van der Waals surface area contributed by atoms with Crippen molar-refractivity contribution in [1.82, 2.24) is 10.3 Å². The minimum atomic E-state index is -0.519. The number of hydrogen-bond donors (Lipinski definition) is 1. The molecule has 0 saturated heterocycles. The van der Waals surface area contributed by atoms with Crippen molar-refractivity contribution in [3.8, 4) is 0 Å². The Bertz CT molecular complexity index is 602. The number of carbonyl (C=O) groups excluding carboxylic acids is 1. The number of benzene rings is 1. The highest BCUT2D eigenvalue weighted by atomic mass is 79.9. The molecule has 2 rings (SSSR count). The molecule has 1 amide bonds. The van der Waals surface area contributed by atoms with Crippen LogP contribution in [0.5, 0.6) is 0 Å². The Kier molecular flexibility index (Phi) is 4.21. The first-order chi connectivity index (χ1) is 9.06. The number of nitrogens with zero attached hydrogens (tertiary/aromatic N) is 1. The van der Waals surface area contributed by atoms with Crippen LogP contribution in [0, 0.1) is 11.6 Å². The highest BCUT2D eigenvalue weighted by Gasteiger charge is 2.09. The quantitative estimate of drug-likeness (QED) is 0.941. The molecule has 0 bridgehead atoms. The van der Waals surface area contributed by atoms with Gasteiger partial charge in [0.2, 0.25) is 0 Å². The van der Waals surface area contributed by atoms with Gasteiger partial charge in [-0.05, 0) is 30.3 Å². The van der Waals surface area contributed by atoms with Gasteiger partial charge >= 0.3 is 0 Å². The average molecular weight is 327 g/mol. The lowest BCUT2D eigenvalue weighted by atomic mass is 10.2. The van der Waals surface area contributed by atoms with E-state index in [1.807, 2.05) is 0 Å². The zero-order chi connectivity index (χ0) is 13.8. The van der Waals surface area contributed by atoms with Gasteiger partial charge in [0, 0.05) is 16.6 Å². The van der Waals surface area contributed by atoms with Gasteiger partial charge in [0.1, 0.15) is 17.3 Å². The zero-order valence-corrected chi connectivity index (χ0v) is 11.2. The zero-order valence-electron chi connectivity index (χ0n) is 9.66. The van der Waals surface area contributed by atoms with Crippen LogP contribution in [0.15, 0.2) is 41.0 Å². The fourth-order valence-corrected chi connectivity index (χ4v) is 1.86. The molecular formula is C13H9BrF2N2O. The summed E-state index contributed by atoms with van der Waals surface area (Å²) < 4.78 is 26.8. The number of pyridine rings is 1. The van der Waals surface area contributed by atoms with Gasteiger partial charge < -0.3 is 5.32 Å². The third-order valence-electron chi connectivity index (χ3n) is 2.41. The van der Waals surface area contributed by atoms with E-state index in [0.29, 0.717) is 5.56 Å². The molecule has 0 unspecified atom stereocenters. The Balaban J connectivity index is 2.04. The lowest BCUT2D eigenvalue weighted by Crippen LogP contribution is -2.24. The molecule has 98 valence electrons. The summed E-state index contributed by atoms with van der Waals surface area (Å²) in [6.45, 7) is 0.0309. The Labute approximate surface area is 116 Å². The summed E-state index contributed by atoms with van der Waals surface area (Å²) >= 11 is 3.22. The normalized spacial score (nSPS) is 10.3. The van der Waals surface area contributed by atoms with Crippen LogP contribution in [-0.2, 0) is 6.54 Å². The maximum Gasteiger partial charge on any atom is 0.270 e. The molecule has 0 saturated carbocycles. The van der Waals surface area contributed by atoms with Gasteiger partial charge in [0.25, 0.3) is 5.91 Å². The van der Waals surface area contributed by atoms with Crippen LogP contribution in [0.2, 0.25) is 0 Å². The van der Waals surface area contributed by atoms with Crippen molar-refractivity contribution >= 4 is 21.8 Å². The predicted octanol–water partition coefficient (Wildman–Crippen LogP) is 3.05. The summed E-state index contributed by atoms with van der Waals surface area (Å²) in [4.78, 5) is 15.3. The van der Waals surface area contributed by atoms with E-state index < -0.39 is 17.5 Å². The number of nitrogens with one attached hydrogen (secondary N) is 1. The average Bonchev–Trinajstić information content (AvgIpc) is 2.40. The first kappa shape index (κ1) is 13.6. The third kappa shape index (κ3) is 3.57. The second-order valence-electron chi connectivity index (χ2n) is 3.78. The second kappa shape index (κ2) is 5.88. The van der Waals surface area contributed by atoms with Crippen molar-refractivity contribution in [2.75, 3.05) is 0 Å². The minimum Gasteiger partial charge on any atom is -0.347 e. The maximum absolute atomic E-state index is 13.4. The van der Waals surface area contributed by atoms with Gasteiger partial charge in [-0.3, -0.25) is 4.79 Å². The second-order valence-corrected chi connectivity index (χ2v) is 4.70. The first-order valence-corrected chi connectivity index (χ1v) is 6.19. The van der Waals surface area contributed by atoms with Crippen molar-refractivity contribution < 1.29 is 13.6 Å². The van der Waals surface area contributed by atoms with Gasteiger partial charge in [-0.15, -0.1) is 0 Å². The highest BCUT2D eigenvalue weighted by Crippen LogP contribution is 2.15. The number of amides is 1. The van der Waals surface area contributed by atoms with Crippen molar-refractivity contribution in [2.24, 2.45) is 0 Å². The molecule has 0 aliphatic carbocycles. The molecular weight excluding hydrogens is 318 g/mol. The van der Waals surface area contributed by atoms with Crippen LogP contribution in [0.25, 0.3) is 0 Å². The summed E-state index contributed by atoms with van der Waals surface area (Å²) in [7, 11) is 0. The molecule has 1 N–H and O–H groups in total. The topological polar surface area (TPSA) is 42.0 Å². The molecule has 1 heterocycles. The molecule has 1 aromatic heterocycles. The van der Waals surface area contributed by atoms with Gasteiger partial charge in [0.15, 0.2) is 0 Å². The Morgan fingerprint density at radius 1 is 1.26 bits per heavy atom. The number of carbonyl (C=O) groups is 1. The van der Waals surface area contributed by atoms with Crippen LogP contribution in [0.3, 0.4) is 0 Å². The van der Waals surface area contributed by atoms with Gasteiger partial charge in [-0.2, -0.15) is 0 Å². The van der Waals surface area contributed by atoms with E-state index in [1.165, 1.54) is 12.1 Å². The van der Waals surface area contributed by atoms with Gasteiger partial charge in [-0.1, -0.05) is 15.9 Å². The lowest BCUT2D eigenvalue weighted by Gasteiger charge is -2.06. The Hall–Kier alpha value is -1.82. The molecule has 0 aliphatic heterocycles. The number of aromatic nitrogens is 1. The van der Waals surface area contributed by atoms with E-state index >= 15 is 0 Å². The summed E-state index contributed by atoms with van der Waals surface area (Å²) in [5.74, 6) is -1.41. The molecule has 0 radical (unpaired) electrons. The summed E-state index contributed by atoms with van der Waals surface area (Å²) in [5.41, 5.74) is 0.432. The van der Waals surface area contributed by atoms with E-state index in [2.05, 4.69) is 26.2 Å². The smallest absolute Gasteiger partial charge is 0.270 e. The summed E-state index contributed by atoms with van der Waals surface area (Å²) in [5, 5.41) is 2.52. The van der Waals surface area contributed by atoms with Crippen LogP contribution in [0.4, 0.5) is 8.78 Å². The molecule has 0 atom stereocenters. The van der Waals surface area contributed by atoms with E-state index in [-0.39, 0.29) is 12.2 Å². The molecule has 0 spiro atoms. The third-order valence-corrected chi connectivity index (χ3v) is 2.90. The van der Waals surface area contributed by atoms with E-state index in [9.17, 15) is 13.6 Å². The van der Waals surface area contributed by atoms with Crippen molar-refractivity contribution in [2.45, 2.75) is 6.54 Å². The number of rotatable bonds is 3. The molecule has 3 nitrogen and oxygen atoms in total. The lowest BCUT2D eigenvalue weighted by molar-refractivity contribution is 0.0945. The summed E-state index contributed by atoms with van der Waals surface area (Å²) in [6.07, 6.45) is 0.953. The Morgan fingerprint density at radius 2 is 2.05 bits per heavy atom. The van der Waals surface area contributed by atoms with Crippen molar-refractivity contribution in [3.63, 3.8) is 0 Å². The predicted molar refractivity (Wildman–Crippen MR) is 69.5 cm³/mol. The number of hydrogen-bond acceptors (Lipinski definition) is 2. The van der Waals surface area contributed by atoms with Crippen LogP contribution >= 0.6 is 15.9 Å². The van der Waals surface area contributed by atoms with Gasteiger partial charge in [-0.25, -0.2) is 13.8 Å². The van der Waals surface area contributed by atoms with E-state index in [0.717, 1.165) is 16.7 Å². The fraction of sp³-hybridized carbons (Fsp3) is 0.0769. The molecule has 0 aliphatic rings. The first-order valence-electron chi connectivity index (χ1n) is 5.40. The SMILES string of the molecule is O=C(NCc1cc(Br)ccc1F)c1ccc(F)cn1. The van der Waals surface area contributed by atoms with Crippen molar-refractivity contribution in [3.05, 3.63) is 63.9 Å². The van der Waals surface area contributed by atoms with Crippen molar-refractivity contribution in [1.29, 1.82) is 0 Å². The highest BCUT2D eigenvalue weighted by molar-refractivity contribution is 9.10. The summed E-state index contributed by atoms with van der Waals surface area (Å²) in [6, 6.07) is 6.86. The molecule has 1 aromatic carbocycles. The fourth-order valence-electron chi connectivity index (χ4n) is 1.45. The van der Waals surface area contributed by atoms with Crippen LogP contribution in [-0.4, -0.2) is 10.9 Å². The van der Waals surface area contributed by atoms with Crippen LogP contribution < -0.4 is 5.32 Å². The molecule has 2 aromatic rings. The number of halogens is 3. The maximum atomic E-state index is 13.4. The monoisotopic (exact) mass is 326 g/mol. The van der Waals surface area contributed by atoms with Gasteiger partial charge in [0.05, 0.1) is 6.20 Å². The molecule has 0 fully saturated rings. The van der Waals surface area contributed by atoms with Crippen LogP contribution in [0.1, 0.15) is 16.1 Å². The van der Waals surface area contributed by atoms with E-state index in [1.54, 1.807) is 12.1 Å².